The molecule has 0 fully saturated rings. The van der Waals surface area contributed by atoms with E-state index in [2.05, 4.69) is 31.7 Å². The van der Waals surface area contributed by atoms with E-state index in [-0.39, 0.29) is 5.91 Å². The number of rotatable bonds is 3. The lowest BCUT2D eigenvalue weighted by molar-refractivity contribution is 0.102. The van der Waals surface area contributed by atoms with Gasteiger partial charge < -0.3 is 10.7 Å². The second-order valence-electron chi connectivity index (χ2n) is 3.99. The van der Waals surface area contributed by atoms with Gasteiger partial charge in [-0.1, -0.05) is 22.0 Å². The number of carbonyl (C=O) groups excluding carboxylic acids is 1. The molecule has 0 aliphatic carbocycles. The van der Waals surface area contributed by atoms with Crippen LogP contribution < -0.4 is 16.6 Å². The summed E-state index contributed by atoms with van der Waals surface area (Å²) in [6.45, 7) is 1.93. The highest BCUT2D eigenvalue weighted by molar-refractivity contribution is 9.10. The Morgan fingerprint density at radius 1 is 1.32 bits per heavy atom. The molecule has 1 amide bonds. The van der Waals surface area contributed by atoms with E-state index in [0.29, 0.717) is 11.4 Å². The van der Waals surface area contributed by atoms with Crippen LogP contribution in [0.1, 0.15) is 15.9 Å². The molecule has 0 aliphatic heterocycles. The second kappa shape index (κ2) is 5.81. The molecule has 1 aromatic carbocycles. The summed E-state index contributed by atoms with van der Waals surface area (Å²) in [5.41, 5.74) is 4.64. The number of hydrogen-bond acceptors (Lipinski definition) is 4. The molecule has 2 rings (SSSR count). The molecule has 98 valence electrons. The molecule has 0 spiro atoms. The van der Waals surface area contributed by atoms with E-state index >= 15 is 0 Å². The molecular formula is C13H13BrN4O. The van der Waals surface area contributed by atoms with Crippen molar-refractivity contribution >= 4 is 33.3 Å². The van der Waals surface area contributed by atoms with E-state index in [1.807, 2.05) is 25.1 Å². The van der Waals surface area contributed by atoms with Crippen molar-refractivity contribution in [2.45, 2.75) is 6.92 Å². The van der Waals surface area contributed by atoms with Gasteiger partial charge in [0.15, 0.2) is 0 Å². The fourth-order valence-electron chi connectivity index (χ4n) is 1.54. The van der Waals surface area contributed by atoms with Crippen LogP contribution in [0.15, 0.2) is 41.0 Å². The SMILES string of the molecule is Cc1ccc(Br)cc1NC(=O)c1ccc(NN)nc1. The van der Waals surface area contributed by atoms with Crippen LogP contribution in [-0.2, 0) is 0 Å². The van der Waals surface area contributed by atoms with E-state index in [1.54, 1.807) is 12.1 Å². The van der Waals surface area contributed by atoms with Gasteiger partial charge in [-0.05, 0) is 36.8 Å². The zero-order chi connectivity index (χ0) is 13.8. The first-order valence-electron chi connectivity index (χ1n) is 5.60. The average molecular weight is 321 g/mol. The Morgan fingerprint density at radius 3 is 2.74 bits per heavy atom. The highest BCUT2D eigenvalue weighted by Gasteiger charge is 2.08. The third-order valence-corrected chi connectivity index (χ3v) is 3.11. The lowest BCUT2D eigenvalue weighted by atomic mass is 10.2. The fraction of sp³-hybridized carbons (Fsp3) is 0.0769. The Labute approximate surface area is 119 Å². The number of nitrogens with one attached hydrogen (secondary N) is 2. The second-order valence-corrected chi connectivity index (χ2v) is 4.91. The normalized spacial score (nSPS) is 10.1. The van der Waals surface area contributed by atoms with Crippen molar-refractivity contribution < 1.29 is 4.79 Å². The van der Waals surface area contributed by atoms with Crippen LogP contribution in [0, 0.1) is 6.92 Å². The maximum Gasteiger partial charge on any atom is 0.257 e. The molecule has 0 radical (unpaired) electrons. The van der Waals surface area contributed by atoms with Crippen LogP contribution in [0.4, 0.5) is 11.5 Å². The molecule has 0 unspecified atom stereocenters. The molecule has 0 bridgehead atoms. The lowest BCUT2D eigenvalue weighted by Crippen LogP contribution is -2.14. The van der Waals surface area contributed by atoms with Crippen molar-refractivity contribution in [3.8, 4) is 0 Å². The third kappa shape index (κ3) is 3.30. The van der Waals surface area contributed by atoms with Crippen LogP contribution >= 0.6 is 15.9 Å². The van der Waals surface area contributed by atoms with Gasteiger partial charge in [-0.25, -0.2) is 10.8 Å². The number of hydrogen-bond donors (Lipinski definition) is 3. The molecule has 2 aromatic rings. The minimum absolute atomic E-state index is 0.211. The summed E-state index contributed by atoms with van der Waals surface area (Å²) >= 11 is 3.38. The Balaban J connectivity index is 2.18. The van der Waals surface area contributed by atoms with Gasteiger partial charge in [0.25, 0.3) is 5.91 Å². The van der Waals surface area contributed by atoms with Gasteiger partial charge in [0.2, 0.25) is 0 Å². The summed E-state index contributed by atoms with van der Waals surface area (Å²) in [6, 6.07) is 9.01. The van der Waals surface area contributed by atoms with Gasteiger partial charge in [-0.2, -0.15) is 0 Å². The molecule has 0 atom stereocenters. The molecular weight excluding hydrogens is 308 g/mol. The Kier molecular flexibility index (Phi) is 4.13. The summed E-state index contributed by atoms with van der Waals surface area (Å²) in [5, 5.41) is 2.84. The predicted octanol–water partition coefficient (Wildman–Crippen LogP) is 2.69. The van der Waals surface area contributed by atoms with Gasteiger partial charge in [0, 0.05) is 16.4 Å². The number of anilines is 2. The number of carbonyl (C=O) groups is 1. The highest BCUT2D eigenvalue weighted by Crippen LogP contribution is 2.21. The topological polar surface area (TPSA) is 80.0 Å². The van der Waals surface area contributed by atoms with Gasteiger partial charge >= 0.3 is 0 Å². The summed E-state index contributed by atoms with van der Waals surface area (Å²) in [7, 11) is 0. The number of nitrogens with two attached hydrogens (primary N) is 1. The molecule has 0 saturated heterocycles. The predicted molar refractivity (Wildman–Crippen MR) is 78.9 cm³/mol. The number of halogens is 1. The first-order valence-corrected chi connectivity index (χ1v) is 6.39. The van der Waals surface area contributed by atoms with E-state index in [4.69, 9.17) is 5.84 Å². The minimum Gasteiger partial charge on any atom is -0.322 e. The fourth-order valence-corrected chi connectivity index (χ4v) is 1.90. The van der Waals surface area contributed by atoms with Gasteiger partial charge in [0.1, 0.15) is 5.82 Å². The largest absolute Gasteiger partial charge is 0.322 e. The summed E-state index contributed by atoms with van der Waals surface area (Å²) < 4.78 is 0.911. The van der Waals surface area contributed by atoms with Crippen molar-refractivity contribution in [2.75, 3.05) is 10.7 Å². The monoisotopic (exact) mass is 320 g/mol. The van der Waals surface area contributed by atoms with E-state index in [0.717, 1.165) is 15.7 Å². The van der Waals surface area contributed by atoms with Crippen LogP contribution in [-0.4, -0.2) is 10.9 Å². The first-order chi connectivity index (χ1) is 9.10. The van der Waals surface area contributed by atoms with Crippen LogP contribution in [0.2, 0.25) is 0 Å². The van der Waals surface area contributed by atoms with Crippen LogP contribution in [0.3, 0.4) is 0 Å². The maximum atomic E-state index is 12.1. The molecule has 5 nitrogen and oxygen atoms in total. The molecule has 1 aromatic heterocycles. The summed E-state index contributed by atoms with van der Waals surface area (Å²) in [5.74, 6) is 5.52. The number of nitrogens with zero attached hydrogens (tertiary/aromatic N) is 1. The molecule has 4 N–H and O–H groups in total. The zero-order valence-corrected chi connectivity index (χ0v) is 11.9. The molecule has 0 saturated carbocycles. The third-order valence-electron chi connectivity index (χ3n) is 2.62. The number of aromatic nitrogens is 1. The lowest BCUT2D eigenvalue weighted by Gasteiger charge is -2.09. The Hall–Kier alpha value is -1.92. The number of pyridine rings is 1. The minimum atomic E-state index is -0.211. The molecule has 0 aliphatic rings. The summed E-state index contributed by atoms with van der Waals surface area (Å²) in [4.78, 5) is 16.1. The highest BCUT2D eigenvalue weighted by atomic mass is 79.9. The number of aryl methyl sites for hydroxylation is 1. The van der Waals surface area contributed by atoms with E-state index < -0.39 is 0 Å². The standard InChI is InChI=1S/C13H13BrN4O/c1-8-2-4-10(14)6-11(8)17-13(19)9-3-5-12(18-15)16-7-9/h2-7H,15H2,1H3,(H,16,18)(H,17,19). The van der Waals surface area contributed by atoms with Crippen molar-refractivity contribution in [3.63, 3.8) is 0 Å². The van der Waals surface area contributed by atoms with Crippen LogP contribution in [0.25, 0.3) is 0 Å². The number of benzene rings is 1. The number of amides is 1. The maximum absolute atomic E-state index is 12.1. The number of nitrogen functional groups attached to an aromatic ring is 1. The Bertz CT molecular complexity index is 598. The van der Waals surface area contributed by atoms with Crippen molar-refractivity contribution in [1.82, 2.24) is 4.98 Å². The van der Waals surface area contributed by atoms with E-state index in [9.17, 15) is 4.79 Å². The van der Waals surface area contributed by atoms with Gasteiger partial charge in [-0.3, -0.25) is 4.79 Å². The molecule has 6 heteroatoms. The van der Waals surface area contributed by atoms with Gasteiger partial charge in [-0.15, -0.1) is 0 Å². The van der Waals surface area contributed by atoms with Gasteiger partial charge in [0.05, 0.1) is 5.56 Å². The van der Waals surface area contributed by atoms with Crippen molar-refractivity contribution in [1.29, 1.82) is 0 Å². The zero-order valence-electron chi connectivity index (χ0n) is 10.3. The van der Waals surface area contributed by atoms with Crippen molar-refractivity contribution in [2.24, 2.45) is 5.84 Å². The van der Waals surface area contributed by atoms with Crippen molar-refractivity contribution in [3.05, 3.63) is 52.1 Å². The molecule has 19 heavy (non-hydrogen) atoms. The number of hydrazine groups is 1. The summed E-state index contributed by atoms with van der Waals surface area (Å²) in [6.07, 6.45) is 1.47. The first kappa shape index (κ1) is 13.5. The average Bonchev–Trinajstić information content (AvgIpc) is 2.43. The quantitative estimate of drug-likeness (QED) is 0.600. The van der Waals surface area contributed by atoms with E-state index in [1.165, 1.54) is 6.20 Å². The Morgan fingerprint density at radius 2 is 2.11 bits per heavy atom. The molecule has 1 heterocycles. The smallest absolute Gasteiger partial charge is 0.257 e. The van der Waals surface area contributed by atoms with Crippen LogP contribution in [0.5, 0.6) is 0 Å².